The smallest absolute Gasteiger partial charge is 0.243 e. The van der Waals surface area contributed by atoms with E-state index in [9.17, 15) is 0 Å². The van der Waals surface area contributed by atoms with Crippen LogP contribution in [0.3, 0.4) is 0 Å². The molecule has 2 heterocycles. The zero-order valence-corrected chi connectivity index (χ0v) is 17.4. The molecular weight excluding hydrogens is 360 g/mol. The summed E-state index contributed by atoms with van der Waals surface area (Å²) in [4.78, 5) is 8.82. The summed E-state index contributed by atoms with van der Waals surface area (Å²) in [5, 5.41) is 6.36. The van der Waals surface area contributed by atoms with Gasteiger partial charge >= 0.3 is 0 Å². The molecule has 5 heteroatoms. The van der Waals surface area contributed by atoms with Crippen LogP contribution in [0.15, 0.2) is 58.0 Å². The lowest BCUT2D eigenvalue weighted by Gasteiger charge is -2.08. The van der Waals surface area contributed by atoms with Crippen LogP contribution in [0.4, 0.5) is 5.95 Å². The molecule has 0 spiro atoms. The second kappa shape index (κ2) is 7.51. The van der Waals surface area contributed by atoms with Gasteiger partial charge in [-0.1, -0.05) is 29.8 Å². The molecule has 0 aliphatic heterocycles. The van der Waals surface area contributed by atoms with Crippen LogP contribution in [-0.4, -0.2) is 9.97 Å². The second-order valence-corrected chi connectivity index (χ2v) is 7.49. The fraction of sp³-hybridized carbons (Fsp3) is 0.208. The summed E-state index contributed by atoms with van der Waals surface area (Å²) in [6.45, 7) is 10.1. The molecule has 0 saturated carbocycles. The highest BCUT2D eigenvalue weighted by molar-refractivity contribution is 5.80. The molecule has 0 fully saturated rings. The second-order valence-electron chi connectivity index (χ2n) is 7.49. The third-order valence-electron chi connectivity index (χ3n) is 4.95. The van der Waals surface area contributed by atoms with Crippen LogP contribution in [0.2, 0.25) is 0 Å². The lowest BCUT2D eigenvalue weighted by molar-refractivity contribution is 0.617. The Kier molecular flexibility index (Phi) is 4.89. The molecule has 2 aromatic carbocycles. The Morgan fingerprint density at radius 1 is 0.793 bits per heavy atom. The number of hydrogen-bond donors (Lipinski definition) is 1. The van der Waals surface area contributed by atoms with Crippen LogP contribution in [0.5, 0.6) is 0 Å². The standard InChI is InChI=1S/C24H24N4O/c1-14-6-8-19(9-7-14)22-13-21(20-10-15(2)16(3)11-23(20)29-22)27-28-24-25-17(4)12-18(5)26-24/h6-13H,1-5H3,(H,25,26,28)/b27-21+. The predicted molar refractivity (Wildman–Crippen MR) is 117 cm³/mol. The molecular formula is C24H24N4O. The van der Waals surface area contributed by atoms with Gasteiger partial charge in [0.1, 0.15) is 11.3 Å². The molecule has 1 N–H and O–H groups in total. The minimum Gasteiger partial charge on any atom is -0.456 e. The van der Waals surface area contributed by atoms with Gasteiger partial charge in [0.15, 0.2) is 0 Å². The summed E-state index contributed by atoms with van der Waals surface area (Å²) in [5.74, 6) is 1.25. The third kappa shape index (κ3) is 4.04. The molecule has 4 rings (SSSR count). The quantitative estimate of drug-likeness (QED) is 0.483. The zero-order chi connectivity index (χ0) is 20.5. The van der Waals surface area contributed by atoms with Crippen molar-refractivity contribution in [1.29, 1.82) is 0 Å². The largest absolute Gasteiger partial charge is 0.456 e. The van der Waals surface area contributed by atoms with Crippen molar-refractivity contribution in [1.82, 2.24) is 9.97 Å². The minimum absolute atomic E-state index is 0.483. The van der Waals surface area contributed by atoms with E-state index in [0.29, 0.717) is 5.95 Å². The topological polar surface area (TPSA) is 63.3 Å². The van der Waals surface area contributed by atoms with E-state index in [-0.39, 0.29) is 0 Å². The fourth-order valence-electron chi connectivity index (χ4n) is 3.26. The number of nitrogens with zero attached hydrogens (tertiary/aromatic N) is 3. The summed E-state index contributed by atoms with van der Waals surface area (Å²) in [7, 11) is 0. The lowest BCUT2D eigenvalue weighted by Crippen LogP contribution is -2.09. The Bertz CT molecular complexity index is 1250. The van der Waals surface area contributed by atoms with E-state index in [1.807, 2.05) is 26.0 Å². The molecule has 0 aliphatic rings. The fourth-order valence-corrected chi connectivity index (χ4v) is 3.26. The first kappa shape index (κ1) is 18.9. The van der Waals surface area contributed by atoms with Gasteiger partial charge in [-0.05, 0) is 63.9 Å². The summed E-state index contributed by atoms with van der Waals surface area (Å²) < 4.78 is 6.24. The van der Waals surface area contributed by atoms with Gasteiger partial charge in [-0.25, -0.2) is 15.4 Å². The Balaban J connectivity index is 1.90. The van der Waals surface area contributed by atoms with Crippen molar-refractivity contribution in [3.8, 4) is 11.3 Å². The molecule has 4 aromatic rings. The molecule has 0 radical (unpaired) electrons. The van der Waals surface area contributed by atoms with E-state index in [0.717, 1.165) is 39.0 Å². The summed E-state index contributed by atoms with van der Waals surface area (Å²) in [6.07, 6.45) is 0. The average molecular weight is 384 g/mol. The van der Waals surface area contributed by atoms with Gasteiger partial charge in [0.25, 0.3) is 0 Å². The number of hydrogen-bond acceptors (Lipinski definition) is 5. The van der Waals surface area contributed by atoms with Gasteiger partial charge in [-0.2, -0.15) is 5.10 Å². The van der Waals surface area contributed by atoms with Gasteiger partial charge < -0.3 is 4.42 Å². The summed E-state index contributed by atoms with van der Waals surface area (Å²) in [6, 6.07) is 16.3. The lowest BCUT2D eigenvalue weighted by atomic mass is 10.1. The maximum Gasteiger partial charge on any atom is 0.243 e. The molecule has 0 amide bonds. The SMILES string of the molecule is Cc1ccc(-c2c/c(=N\Nc3nc(C)cc(C)n3)c3cc(C)c(C)cc3o2)cc1. The summed E-state index contributed by atoms with van der Waals surface area (Å²) >= 11 is 0. The van der Waals surface area contributed by atoms with Gasteiger partial charge in [0, 0.05) is 28.4 Å². The van der Waals surface area contributed by atoms with Crippen LogP contribution in [-0.2, 0) is 0 Å². The number of aromatic nitrogens is 2. The van der Waals surface area contributed by atoms with Gasteiger partial charge in [-0.15, -0.1) is 0 Å². The van der Waals surface area contributed by atoms with Crippen molar-refractivity contribution in [2.45, 2.75) is 34.6 Å². The average Bonchev–Trinajstić information content (AvgIpc) is 2.67. The van der Waals surface area contributed by atoms with Gasteiger partial charge in [-0.3, -0.25) is 0 Å². The van der Waals surface area contributed by atoms with E-state index < -0.39 is 0 Å². The number of anilines is 1. The highest BCUT2D eigenvalue weighted by Gasteiger charge is 2.08. The Morgan fingerprint density at radius 3 is 2.14 bits per heavy atom. The first-order valence-electron chi connectivity index (χ1n) is 9.63. The third-order valence-corrected chi connectivity index (χ3v) is 4.95. The van der Waals surface area contributed by atoms with Crippen molar-refractivity contribution in [2.75, 3.05) is 5.43 Å². The number of benzene rings is 2. The van der Waals surface area contributed by atoms with E-state index in [2.05, 4.69) is 77.7 Å². The first-order chi connectivity index (χ1) is 13.9. The molecule has 5 nitrogen and oxygen atoms in total. The number of nitrogens with one attached hydrogen (secondary N) is 1. The summed E-state index contributed by atoms with van der Waals surface area (Å²) in [5.41, 5.74) is 10.2. The van der Waals surface area contributed by atoms with Crippen molar-refractivity contribution >= 4 is 16.9 Å². The van der Waals surface area contributed by atoms with Crippen molar-refractivity contribution in [3.63, 3.8) is 0 Å². The van der Waals surface area contributed by atoms with Crippen molar-refractivity contribution in [3.05, 3.63) is 82.0 Å². The molecule has 0 bridgehead atoms. The van der Waals surface area contributed by atoms with Crippen LogP contribution in [0.1, 0.15) is 28.1 Å². The van der Waals surface area contributed by atoms with E-state index in [1.165, 1.54) is 16.7 Å². The van der Waals surface area contributed by atoms with E-state index >= 15 is 0 Å². The molecule has 0 unspecified atom stereocenters. The maximum absolute atomic E-state index is 6.24. The predicted octanol–water partition coefficient (Wildman–Crippen LogP) is 5.36. The molecule has 146 valence electrons. The zero-order valence-electron chi connectivity index (χ0n) is 17.4. The van der Waals surface area contributed by atoms with Crippen molar-refractivity contribution < 1.29 is 4.42 Å². The molecule has 0 aliphatic carbocycles. The maximum atomic E-state index is 6.24. The highest BCUT2D eigenvalue weighted by atomic mass is 16.3. The minimum atomic E-state index is 0.483. The Hall–Kier alpha value is -3.47. The van der Waals surface area contributed by atoms with Crippen LogP contribution in [0.25, 0.3) is 22.3 Å². The van der Waals surface area contributed by atoms with Gasteiger partial charge in [0.2, 0.25) is 5.95 Å². The van der Waals surface area contributed by atoms with Crippen molar-refractivity contribution in [2.24, 2.45) is 5.10 Å². The highest BCUT2D eigenvalue weighted by Crippen LogP contribution is 2.24. The molecule has 0 saturated heterocycles. The number of fused-ring (bicyclic) bond motifs is 1. The Labute approximate surface area is 170 Å². The van der Waals surface area contributed by atoms with Crippen LogP contribution >= 0.6 is 0 Å². The molecule has 29 heavy (non-hydrogen) atoms. The number of rotatable bonds is 3. The number of aryl methyl sites for hydroxylation is 5. The van der Waals surface area contributed by atoms with Gasteiger partial charge in [0.05, 0.1) is 5.36 Å². The van der Waals surface area contributed by atoms with Crippen LogP contribution in [0, 0.1) is 34.6 Å². The Morgan fingerprint density at radius 2 is 1.45 bits per heavy atom. The van der Waals surface area contributed by atoms with E-state index in [4.69, 9.17) is 4.42 Å². The van der Waals surface area contributed by atoms with Crippen LogP contribution < -0.4 is 10.8 Å². The molecule has 2 aromatic heterocycles. The molecule has 0 atom stereocenters. The first-order valence-corrected chi connectivity index (χ1v) is 9.63. The monoisotopic (exact) mass is 384 g/mol. The van der Waals surface area contributed by atoms with E-state index in [1.54, 1.807) is 0 Å². The normalized spacial score (nSPS) is 11.8.